The lowest BCUT2D eigenvalue weighted by molar-refractivity contribution is -0.143. The summed E-state index contributed by atoms with van der Waals surface area (Å²) in [5, 5.41) is 7.21. The number of hydrogen-bond donors (Lipinski definition) is 3. The molecule has 1 fully saturated rings. The highest BCUT2D eigenvalue weighted by molar-refractivity contribution is 6.30. The van der Waals surface area contributed by atoms with E-state index in [-0.39, 0.29) is 48.8 Å². The molecule has 1 heterocycles. The third-order valence-electron chi connectivity index (χ3n) is 6.11. The van der Waals surface area contributed by atoms with E-state index in [4.69, 9.17) is 27.8 Å². The summed E-state index contributed by atoms with van der Waals surface area (Å²) in [6.07, 6.45) is -0.827. The van der Waals surface area contributed by atoms with Crippen molar-refractivity contribution < 1.29 is 28.3 Å². The number of nitrogens with two attached hydrogens (primary N) is 2. The van der Waals surface area contributed by atoms with Gasteiger partial charge in [-0.25, -0.2) is 9.18 Å². The van der Waals surface area contributed by atoms with Crippen molar-refractivity contribution in [2.24, 2.45) is 11.5 Å². The smallest absolute Gasteiger partial charge is 0.404 e. The molecule has 0 aliphatic heterocycles. The number of ether oxygens (including phenoxy) is 1. The van der Waals surface area contributed by atoms with Gasteiger partial charge in [0.05, 0.1) is 17.1 Å². The molecule has 0 radical (unpaired) electrons. The van der Waals surface area contributed by atoms with Crippen LogP contribution in [-0.4, -0.2) is 57.2 Å². The van der Waals surface area contributed by atoms with Gasteiger partial charge in [-0.3, -0.25) is 19.1 Å². The molecule has 1 aliphatic carbocycles. The minimum absolute atomic E-state index is 0.0230. The van der Waals surface area contributed by atoms with E-state index in [1.807, 2.05) is 0 Å². The minimum Gasteiger partial charge on any atom is -0.446 e. The van der Waals surface area contributed by atoms with Gasteiger partial charge in [-0.1, -0.05) is 41.9 Å². The molecular weight excluding hydrogens is 507 g/mol. The molecule has 4 amide bonds. The zero-order valence-electron chi connectivity index (χ0n) is 19.5. The fourth-order valence-corrected chi connectivity index (χ4v) is 4.41. The Morgan fingerprint density at radius 2 is 1.86 bits per heavy atom. The highest BCUT2D eigenvalue weighted by Crippen LogP contribution is 2.29. The van der Waals surface area contributed by atoms with Gasteiger partial charge in [-0.05, 0) is 12.1 Å². The second-order valence-electron chi connectivity index (χ2n) is 8.58. The maximum Gasteiger partial charge on any atom is 0.404 e. The van der Waals surface area contributed by atoms with Crippen LogP contribution in [0.15, 0.2) is 42.5 Å². The van der Waals surface area contributed by atoms with Gasteiger partial charge in [0.1, 0.15) is 18.5 Å². The molecule has 1 aliphatic rings. The van der Waals surface area contributed by atoms with Crippen molar-refractivity contribution in [3.63, 3.8) is 0 Å². The standard InChI is InChI=1S/C24H24ClFN6O5/c25-17-6-3-4-13(21(17)26)10-29-19(33)11-31(14-8-15(9-14)37-24(28)36)20(34)12-32-18-7-2-1-5-16(18)22(30-32)23(27)35/h1-7,14-15H,8-12H2,(H2,27,35)(H2,28,36)(H,29,33)/t14-,15-. The Kier molecular flexibility index (Phi) is 7.58. The number of amides is 4. The van der Waals surface area contributed by atoms with Crippen molar-refractivity contribution in [2.75, 3.05) is 6.54 Å². The fraction of sp³-hybridized carbons (Fsp3) is 0.292. The third kappa shape index (κ3) is 5.80. The zero-order chi connectivity index (χ0) is 26.7. The van der Waals surface area contributed by atoms with Gasteiger partial charge < -0.3 is 26.4 Å². The number of rotatable bonds is 9. The molecule has 194 valence electrons. The number of nitrogens with one attached hydrogen (secondary N) is 1. The normalized spacial score (nSPS) is 16.6. The third-order valence-corrected chi connectivity index (χ3v) is 6.40. The Balaban J connectivity index is 1.50. The lowest BCUT2D eigenvalue weighted by atomic mass is 9.87. The van der Waals surface area contributed by atoms with Crippen LogP contribution in [0, 0.1) is 5.82 Å². The van der Waals surface area contributed by atoms with E-state index in [1.165, 1.54) is 21.7 Å². The second-order valence-corrected chi connectivity index (χ2v) is 8.99. The zero-order valence-corrected chi connectivity index (χ0v) is 20.3. The van der Waals surface area contributed by atoms with Crippen molar-refractivity contribution in [3.05, 3.63) is 64.6 Å². The van der Waals surface area contributed by atoms with Crippen molar-refractivity contribution in [1.82, 2.24) is 20.0 Å². The summed E-state index contributed by atoms with van der Waals surface area (Å²) in [6.45, 7) is -0.740. The molecule has 37 heavy (non-hydrogen) atoms. The van der Waals surface area contributed by atoms with Crippen molar-refractivity contribution in [1.29, 1.82) is 0 Å². The first-order valence-electron chi connectivity index (χ1n) is 11.3. The van der Waals surface area contributed by atoms with Gasteiger partial charge in [0.15, 0.2) is 5.69 Å². The van der Waals surface area contributed by atoms with E-state index in [1.54, 1.807) is 30.3 Å². The molecule has 0 atom stereocenters. The van der Waals surface area contributed by atoms with Crippen LogP contribution in [0.4, 0.5) is 9.18 Å². The van der Waals surface area contributed by atoms with E-state index in [9.17, 15) is 23.6 Å². The quantitative estimate of drug-likeness (QED) is 0.381. The lowest BCUT2D eigenvalue weighted by Gasteiger charge is -2.41. The summed E-state index contributed by atoms with van der Waals surface area (Å²) >= 11 is 5.79. The number of primary amides is 2. The van der Waals surface area contributed by atoms with Crippen LogP contribution in [0.1, 0.15) is 28.9 Å². The number of nitrogens with zero attached hydrogens (tertiary/aromatic N) is 3. The molecule has 5 N–H and O–H groups in total. The summed E-state index contributed by atoms with van der Waals surface area (Å²) < 4.78 is 20.5. The molecule has 3 aromatic rings. The molecule has 13 heteroatoms. The van der Waals surface area contributed by atoms with Gasteiger partial charge in [0.25, 0.3) is 5.91 Å². The van der Waals surface area contributed by atoms with Gasteiger partial charge in [0.2, 0.25) is 11.8 Å². The maximum absolute atomic E-state index is 14.2. The van der Waals surface area contributed by atoms with Crippen LogP contribution in [0.25, 0.3) is 10.9 Å². The molecule has 0 bridgehead atoms. The average Bonchev–Trinajstić information content (AvgIpc) is 3.19. The van der Waals surface area contributed by atoms with Crippen LogP contribution in [-0.2, 0) is 27.4 Å². The second kappa shape index (κ2) is 10.8. The number of carbonyl (C=O) groups is 4. The van der Waals surface area contributed by atoms with Crippen molar-refractivity contribution in [3.8, 4) is 0 Å². The van der Waals surface area contributed by atoms with Crippen molar-refractivity contribution >= 4 is 46.3 Å². The van der Waals surface area contributed by atoms with E-state index >= 15 is 0 Å². The molecular formula is C24H24ClFN6O5. The first-order chi connectivity index (χ1) is 17.6. The number of halogens is 2. The Morgan fingerprint density at radius 1 is 1.14 bits per heavy atom. The Morgan fingerprint density at radius 3 is 2.57 bits per heavy atom. The van der Waals surface area contributed by atoms with Crippen LogP contribution < -0.4 is 16.8 Å². The summed E-state index contributed by atoms with van der Waals surface area (Å²) in [7, 11) is 0. The monoisotopic (exact) mass is 530 g/mol. The molecule has 0 unspecified atom stereocenters. The van der Waals surface area contributed by atoms with E-state index in [0.717, 1.165) is 0 Å². The molecule has 11 nitrogen and oxygen atoms in total. The summed E-state index contributed by atoms with van der Waals surface area (Å²) in [6, 6.07) is 10.8. The van der Waals surface area contributed by atoms with Gasteiger partial charge in [-0.2, -0.15) is 5.10 Å². The predicted octanol–water partition coefficient (Wildman–Crippen LogP) is 1.70. The van der Waals surface area contributed by atoms with Gasteiger partial charge >= 0.3 is 6.09 Å². The molecule has 4 rings (SSSR count). The number of fused-ring (bicyclic) bond motifs is 1. The van der Waals surface area contributed by atoms with Crippen LogP contribution >= 0.6 is 11.6 Å². The molecule has 1 aromatic heterocycles. The Labute approximate surface area is 215 Å². The predicted molar refractivity (Wildman–Crippen MR) is 131 cm³/mol. The van der Waals surface area contributed by atoms with E-state index < -0.39 is 41.8 Å². The Hall–Kier alpha value is -4.19. The average molecular weight is 531 g/mol. The minimum atomic E-state index is -0.926. The largest absolute Gasteiger partial charge is 0.446 e. The van der Waals surface area contributed by atoms with Gasteiger partial charge in [0, 0.05) is 36.4 Å². The number of hydrogen-bond acceptors (Lipinski definition) is 6. The number of carbonyl (C=O) groups excluding carboxylic acids is 4. The fourth-order valence-electron chi connectivity index (χ4n) is 4.21. The van der Waals surface area contributed by atoms with E-state index in [0.29, 0.717) is 10.9 Å². The van der Waals surface area contributed by atoms with Crippen LogP contribution in [0.5, 0.6) is 0 Å². The number of aromatic nitrogens is 2. The summed E-state index contributed by atoms with van der Waals surface area (Å²) in [4.78, 5) is 50.3. The topological polar surface area (TPSA) is 163 Å². The molecule has 0 spiro atoms. The highest BCUT2D eigenvalue weighted by Gasteiger charge is 2.39. The number of para-hydroxylation sites is 1. The summed E-state index contributed by atoms with van der Waals surface area (Å²) in [5.41, 5.74) is 11.2. The lowest BCUT2D eigenvalue weighted by Crippen LogP contribution is -2.54. The van der Waals surface area contributed by atoms with Crippen molar-refractivity contribution in [2.45, 2.75) is 38.1 Å². The highest BCUT2D eigenvalue weighted by atomic mass is 35.5. The van der Waals surface area contributed by atoms with Crippen LogP contribution in [0.2, 0.25) is 5.02 Å². The Bertz CT molecular complexity index is 1370. The number of benzene rings is 2. The molecule has 1 saturated carbocycles. The van der Waals surface area contributed by atoms with Crippen LogP contribution in [0.3, 0.4) is 0 Å². The van der Waals surface area contributed by atoms with E-state index in [2.05, 4.69) is 10.4 Å². The maximum atomic E-state index is 14.2. The summed E-state index contributed by atoms with van der Waals surface area (Å²) in [5.74, 6) is -2.37. The molecule has 0 saturated heterocycles. The SMILES string of the molecule is NC(=O)O[C@H]1C[C@H](N(CC(=O)NCc2cccc(Cl)c2F)C(=O)Cn2nc(C(N)=O)c3ccccc32)C1. The first-order valence-corrected chi connectivity index (χ1v) is 11.7. The first kappa shape index (κ1) is 25.9. The van der Waals surface area contributed by atoms with Gasteiger partial charge in [-0.15, -0.1) is 0 Å². The molecule has 2 aromatic carbocycles.